The van der Waals surface area contributed by atoms with Crippen molar-refractivity contribution in [3.8, 4) is 11.1 Å². The topological polar surface area (TPSA) is 42.0 Å². The summed E-state index contributed by atoms with van der Waals surface area (Å²) in [5, 5.41) is 4.28. The number of nitrogens with zero attached hydrogens (tertiary/aromatic N) is 1. The van der Waals surface area contributed by atoms with E-state index < -0.39 is 0 Å². The summed E-state index contributed by atoms with van der Waals surface area (Å²) >= 11 is 1.87. The summed E-state index contributed by atoms with van der Waals surface area (Å²) in [7, 11) is 0. The lowest BCUT2D eigenvalue weighted by atomic mass is 10.0. The normalized spacial score (nSPS) is 13.1. The molecule has 0 unspecified atom stereocenters. The van der Waals surface area contributed by atoms with Crippen molar-refractivity contribution in [2.45, 2.75) is 44.9 Å². The molecule has 0 atom stereocenters. The Bertz CT molecular complexity index is 892. The Hall–Kier alpha value is -2.46. The maximum absolute atomic E-state index is 12.2. The average molecular weight is 391 g/mol. The monoisotopic (exact) mass is 390 g/mol. The van der Waals surface area contributed by atoms with Gasteiger partial charge in [0.15, 0.2) is 0 Å². The van der Waals surface area contributed by atoms with Gasteiger partial charge in [0, 0.05) is 17.8 Å². The fourth-order valence-corrected chi connectivity index (χ4v) is 4.87. The summed E-state index contributed by atoms with van der Waals surface area (Å²) in [6.45, 7) is 0.713. The van der Waals surface area contributed by atoms with Crippen LogP contribution < -0.4 is 5.32 Å². The number of aromatic nitrogens is 1. The third kappa shape index (κ3) is 4.87. The molecular formula is C24H26N2OS. The van der Waals surface area contributed by atoms with E-state index in [0.29, 0.717) is 13.0 Å². The number of benzene rings is 2. The van der Waals surface area contributed by atoms with E-state index >= 15 is 0 Å². The van der Waals surface area contributed by atoms with Crippen LogP contribution in [0.15, 0.2) is 54.6 Å². The molecule has 0 bridgehead atoms. The van der Waals surface area contributed by atoms with Gasteiger partial charge in [0.25, 0.3) is 0 Å². The molecule has 1 aliphatic carbocycles. The van der Waals surface area contributed by atoms with Crippen molar-refractivity contribution in [2.75, 3.05) is 6.54 Å². The van der Waals surface area contributed by atoms with Crippen molar-refractivity contribution < 1.29 is 4.79 Å². The van der Waals surface area contributed by atoms with Gasteiger partial charge in [-0.25, -0.2) is 4.98 Å². The molecule has 0 spiro atoms. The van der Waals surface area contributed by atoms with Gasteiger partial charge in [-0.1, -0.05) is 54.6 Å². The van der Waals surface area contributed by atoms with E-state index in [0.717, 1.165) is 24.8 Å². The molecule has 0 aliphatic heterocycles. The van der Waals surface area contributed by atoms with Crippen LogP contribution in [0, 0.1) is 0 Å². The molecule has 3 nitrogen and oxygen atoms in total. The minimum atomic E-state index is 0.0888. The van der Waals surface area contributed by atoms with E-state index in [9.17, 15) is 4.79 Å². The van der Waals surface area contributed by atoms with Crippen LogP contribution in [-0.2, 0) is 30.5 Å². The molecule has 2 aromatic carbocycles. The molecular weight excluding hydrogens is 364 g/mol. The zero-order valence-electron chi connectivity index (χ0n) is 16.1. The number of hydrogen-bond donors (Lipinski definition) is 1. The van der Waals surface area contributed by atoms with Crippen LogP contribution in [0.1, 0.15) is 40.4 Å². The summed E-state index contributed by atoms with van der Waals surface area (Å²) in [4.78, 5) is 18.5. The third-order valence-electron chi connectivity index (χ3n) is 5.21. The highest BCUT2D eigenvalue weighted by Crippen LogP contribution is 2.27. The van der Waals surface area contributed by atoms with Gasteiger partial charge in [-0.3, -0.25) is 4.79 Å². The molecule has 144 valence electrons. The number of carbonyl (C=O) groups excluding carboxylic acids is 1. The standard InChI is InChI=1S/C24H26N2OS/c27-23(17-18-12-14-20(15-13-18)19-7-2-1-3-8-19)25-16-6-11-24-26-21-9-4-5-10-22(21)28-24/h1-3,7-8,12-15H,4-6,9-11,16-17H2,(H,25,27). The molecule has 28 heavy (non-hydrogen) atoms. The summed E-state index contributed by atoms with van der Waals surface area (Å²) in [6, 6.07) is 18.6. The SMILES string of the molecule is O=C(Cc1ccc(-c2ccccc2)cc1)NCCCc1nc2c(s1)CCCC2. The molecule has 1 aromatic heterocycles. The van der Waals surface area contributed by atoms with E-state index in [1.54, 1.807) is 0 Å². The minimum absolute atomic E-state index is 0.0888. The number of rotatable bonds is 7. The van der Waals surface area contributed by atoms with E-state index in [4.69, 9.17) is 4.98 Å². The van der Waals surface area contributed by atoms with Crippen LogP contribution in [0.4, 0.5) is 0 Å². The predicted octanol–water partition coefficient (Wildman–Crippen LogP) is 4.98. The van der Waals surface area contributed by atoms with E-state index in [1.807, 2.05) is 41.7 Å². The molecule has 0 saturated carbocycles. The van der Waals surface area contributed by atoms with Gasteiger partial charge >= 0.3 is 0 Å². The maximum Gasteiger partial charge on any atom is 0.224 e. The molecule has 0 fully saturated rings. The fraction of sp³-hybridized carbons (Fsp3) is 0.333. The minimum Gasteiger partial charge on any atom is -0.356 e. The number of aryl methyl sites for hydroxylation is 3. The highest BCUT2D eigenvalue weighted by Gasteiger charge is 2.14. The van der Waals surface area contributed by atoms with Crippen LogP contribution in [0.5, 0.6) is 0 Å². The highest BCUT2D eigenvalue weighted by molar-refractivity contribution is 7.11. The molecule has 3 aromatic rings. The van der Waals surface area contributed by atoms with Crippen molar-refractivity contribution in [1.82, 2.24) is 10.3 Å². The van der Waals surface area contributed by atoms with Crippen LogP contribution in [0.25, 0.3) is 11.1 Å². The quantitative estimate of drug-likeness (QED) is 0.578. The van der Waals surface area contributed by atoms with Crippen molar-refractivity contribution in [1.29, 1.82) is 0 Å². The lowest BCUT2D eigenvalue weighted by molar-refractivity contribution is -0.120. The smallest absolute Gasteiger partial charge is 0.224 e. The van der Waals surface area contributed by atoms with Crippen LogP contribution in [0.3, 0.4) is 0 Å². The number of nitrogens with one attached hydrogen (secondary N) is 1. The lowest BCUT2D eigenvalue weighted by Crippen LogP contribution is -2.26. The predicted molar refractivity (Wildman–Crippen MR) is 116 cm³/mol. The molecule has 1 aliphatic rings. The van der Waals surface area contributed by atoms with E-state index in [-0.39, 0.29) is 5.91 Å². The Morgan fingerprint density at radius 2 is 1.71 bits per heavy atom. The number of amides is 1. The van der Waals surface area contributed by atoms with E-state index in [1.165, 1.54) is 46.0 Å². The van der Waals surface area contributed by atoms with Crippen LogP contribution in [-0.4, -0.2) is 17.4 Å². The fourth-order valence-electron chi connectivity index (χ4n) is 3.67. The molecule has 4 heteroatoms. The number of fused-ring (bicyclic) bond motifs is 1. The molecule has 1 N–H and O–H groups in total. The van der Waals surface area contributed by atoms with Crippen molar-refractivity contribution in [2.24, 2.45) is 0 Å². The van der Waals surface area contributed by atoms with Gasteiger partial charge in [-0.15, -0.1) is 11.3 Å². The summed E-state index contributed by atoms with van der Waals surface area (Å²) in [5.74, 6) is 0.0888. The van der Waals surface area contributed by atoms with Gasteiger partial charge in [-0.05, 0) is 48.8 Å². The van der Waals surface area contributed by atoms with Crippen LogP contribution >= 0.6 is 11.3 Å². The highest BCUT2D eigenvalue weighted by atomic mass is 32.1. The number of carbonyl (C=O) groups is 1. The van der Waals surface area contributed by atoms with Gasteiger partial charge in [-0.2, -0.15) is 0 Å². The van der Waals surface area contributed by atoms with Gasteiger partial charge in [0.2, 0.25) is 5.91 Å². The summed E-state index contributed by atoms with van der Waals surface area (Å²) in [6.07, 6.45) is 7.27. The largest absolute Gasteiger partial charge is 0.356 e. The van der Waals surface area contributed by atoms with Crippen molar-refractivity contribution in [3.63, 3.8) is 0 Å². The molecule has 1 heterocycles. The first kappa shape index (κ1) is 18.9. The van der Waals surface area contributed by atoms with Crippen LogP contribution in [0.2, 0.25) is 0 Å². The summed E-state index contributed by atoms with van der Waals surface area (Å²) < 4.78 is 0. The van der Waals surface area contributed by atoms with Gasteiger partial charge < -0.3 is 5.32 Å². The van der Waals surface area contributed by atoms with E-state index in [2.05, 4.69) is 29.6 Å². The Balaban J connectivity index is 1.21. The maximum atomic E-state index is 12.2. The second kappa shape index (κ2) is 9.16. The Kier molecular flexibility index (Phi) is 6.17. The first-order chi connectivity index (χ1) is 13.8. The Morgan fingerprint density at radius 1 is 0.964 bits per heavy atom. The molecule has 4 rings (SSSR count). The molecule has 0 saturated heterocycles. The van der Waals surface area contributed by atoms with Crippen molar-refractivity contribution in [3.05, 3.63) is 75.7 Å². The zero-order valence-corrected chi connectivity index (χ0v) is 16.9. The van der Waals surface area contributed by atoms with Gasteiger partial charge in [0.05, 0.1) is 17.1 Å². The third-order valence-corrected chi connectivity index (χ3v) is 6.42. The average Bonchev–Trinajstić information content (AvgIpc) is 3.15. The Labute approximate surface area is 170 Å². The number of hydrogen-bond acceptors (Lipinski definition) is 3. The second-order valence-corrected chi connectivity index (χ2v) is 8.55. The van der Waals surface area contributed by atoms with Gasteiger partial charge in [0.1, 0.15) is 0 Å². The summed E-state index contributed by atoms with van der Waals surface area (Å²) in [5.41, 5.74) is 4.75. The number of thiazole rings is 1. The van der Waals surface area contributed by atoms with Crippen molar-refractivity contribution >= 4 is 17.2 Å². The molecule has 1 amide bonds. The first-order valence-corrected chi connectivity index (χ1v) is 11.0. The Morgan fingerprint density at radius 3 is 2.50 bits per heavy atom. The second-order valence-electron chi connectivity index (χ2n) is 7.38. The molecule has 0 radical (unpaired) electrons. The first-order valence-electron chi connectivity index (χ1n) is 10.2. The lowest BCUT2D eigenvalue weighted by Gasteiger charge is -2.06. The zero-order chi connectivity index (χ0) is 19.2.